The summed E-state index contributed by atoms with van der Waals surface area (Å²) in [5, 5.41) is 0.650. The predicted molar refractivity (Wildman–Crippen MR) is 120 cm³/mol. The van der Waals surface area contributed by atoms with E-state index in [2.05, 4.69) is 11.9 Å². The first-order chi connectivity index (χ1) is 14.0. The molecule has 1 aliphatic rings. The van der Waals surface area contributed by atoms with Crippen molar-refractivity contribution in [1.82, 2.24) is 9.47 Å². The molecule has 2 heterocycles. The molecule has 0 saturated carbocycles. The van der Waals surface area contributed by atoms with E-state index in [1.807, 2.05) is 27.7 Å². The highest BCUT2D eigenvalue weighted by atomic mass is 35.5. The number of aromatic nitrogens is 1. The number of thiazole rings is 1. The molecular formula is C20H26ClN3O3S2. The minimum absolute atomic E-state index is 0.112. The van der Waals surface area contributed by atoms with Crippen molar-refractivity contribution in [3.63, 3.8) is 0 Å². The van der Waals surface area contributed by atoms with E-state index in [4.69, 9.17) is 16.3 Å². The number of methoxy groups -OCH3 is 1. The first-order valence-corrected chi connectivity index (χ1v) is 12.0. The number of rotatable bonds is 7. The minimum atomic E-state index is -0.237. The molecule has 1 fully saturated rings. The first kappa shape index (κ1) is 22.3. The lowest BCUT2D eigenvalue weighted by molar-refractivity contribution is -0.130. The highest BCUT2D eigenvalue weighted by molar-refractivity contribution is 8.00. The molecule has 1 unspecified atom stereocenters. The quantitative estimate of drug-likeness (QED) is 0.641. The Bertz CT molecular complexity index is 941. The van der Waals surface area contributed by atoms with Gasteiger partial charge in [-0.1, -0.05) is 29.9 Å². The molecular weight excluding hydrogens is 430 g/mol. The van der Waals surface area contributed by atoms with Crippen molar-refractivity contribution in [1.29, 1.82) is 0 Å². The normalized spacial score (nSPS) is 17.8. The standard InChI is InChI=1S/C20H26ClN3O3S2/c1-14-4-3-7-23(11-14)19(26)13-28-12-18(25)22-20-24(8-9-27-2)16-6-5-15(21)10-17(16)29-20/h5-6,10,14H,3-4,7-9,11-13H2,1-2H3. The molecule has 9 heteroatoms. The van der Waals surface area contributed by atoms with Gasteiger partial charge in [-0.05, 0) is 37.0 Å². The smallest absolute Gasteiger partial charge is 0.258 e. The van der Waals surface area contributed by atoms with E-state index in [0.717, 1.165) is 29.7 Å². The Morgan fingerprint density at radius 2 is 2.21 bits per heavy atom. The monoisotopic (exact) mass is 455 g/mol. The van der Waals surface area contributed by atoms with E-state index >= 15 is 0 Å². The van der Waals surface area contributed by atoms with E-state index in [1.165, 1.54) is 29.5 Å². The van der Waals surface area contributed by atoms with Gasteiger partial charge in [-0.3, -0.25) is 9.59 Å². The average molecular weight is 456 g/mol. The number of carbonyl (C=O) groups is 2. The summed E-state index contributed by atoms with van der Waals surface area (Å²) < 4.78 is 8.14. The number of hydrogen-bond acceptors (Lipinski definition) is 5. The molecule has 2 amide bonds. The van der Waals surface area contributed by atoms with Crippen molar-refractivity contribution in [3.8, 4) is 0 Å². The van der Waals surface area contributed by atoms with Crippen LogP contribution in [0.2, 0.25) is 5.02 Å². The van der Waals surface area contributed by atoms with Gasteiger partial charge in [0.1, 0.15) is 0 Å². The van der Waals surface area contributed by atoms with Crippen LogP contribution < -0.4 is 4.80 Å². The van der Waals surface area contributed by atoms with Gasteiger partial charge in [0.15, 0.2) is 4.80 Å². The van der Waals surface area contributed by atoms with Crippen LogP contribution in [0, 0.1) is 5.92 Å². The molecule has 1 aliphatic heterocycles. The summed E-state index contributed by atoms with van der Waals surface area (Å²) in [5.41, 5.74) is 0.977. The van der Waals surface area contributed by atoms with Crippen molar-refractivity contribution in [3.05, 3.63) is 28.0 Å². The third-order valence-electron chi connectivity index (χ3n) is 4.84. The summed E-state index contributed by atoms with van der Waals surface area (Å²) in [6.45, 7) is 4.94. The Morgan fingerprint density at radius 3 is 2.97 bits per heavy atom. The molecule has 0 spiro atoms. The number of fused-ring (bicyclic) bond motifs is 1. The summed E-state index contributed by atoms with van der Waals surface area (Å²) in [7, 11) is 1.64. The number of halogens is 1. The van der Waals surface area contributed by atoms with Crippen molar-refractivity contribution < 1.29 is 14.3 Å². The van der Waals surface area contributed by atoms with Crippen molar-refractivity contribution >= 4 is 56.7 Å². The highest BCUT2D eigenvalue weighted by Crippen LogP contribution is 2.22. The third-order valence-corrected chi connectivity index (χ3v) is 7.02. The Morgan fingerprint density at radius 1 is 1.38 bits per heavy atom. The van der Waals surface area contributed by atoms with E-state index in [-0.39, 0.29) is 17.6 Å². The fourth-order valence-electron chi connectivity index (χ4n) is 3.40. The van der Waals surface area contributed by atoms with Gasteiger partial charge in [0, 0.05) is 31.8 Å². The maximum Gasteiger partial charge on any atom is 0.258 e. The molecule has 3 rings (SSSR count). The second-order valence-corrected chi connectivity index (χ2v) is 9.66. The molecule has 0 N–H and O–H groups in total. The second kappa shape index (κ2) is 10.6. The van der Waals surface area contributed by atoms with Crippen LogP contribution in [0.25, 0.3) is 10.2 Å². The maximum absolute atomic E-state index is 12.4. The molecule has 29 heavy (non-hydrogen) atoms. The topological polar surface area (TPSA) is 63.9 Å². The maximum atomic E-state index is 12.4. The molecule has 158 valence electrons. The lowest BCUT2D eigenvalue weighted by Gasteiger charge is -2.30. The van der Waals surface area contributed by atoms with Gasteiger partial charge >= 0.3 is 0 Å². The number of nitrogens with zero attached hydrogens (tertiary/aromatic N) is 3. The Kier molecular flexibility index (Phi) is 8.17. The Balaban J connectivity index is 1.65. The number of hydrogen-bond donors (Lipinski definition) is 0. The van der Waals surface area contributed by atoms with Gasteiger partial charge in [0.25, 0.3) is 5.91 Å². The Labute approximate surface area is 183 Å². The molecule has 6 nitrogen and oxygen atoms in total. The number of likely N-dealkylation sites (tertiary alicyclic amines) is 1. The molecule has 0 radical (unpaired) electrons. The van der Waals surface area contributed by atoms with Crippen LogP contribution in [0.5, 0.6) is 0 Å². The van der Waals surface area contributed by atoms with Crippen LogP contribution in [-0.2, 0) is 20.9 Å². The van der Waals surface area contributed by atoms with Crippen LogP contribution in [-0.4, -0.2) is 59.6 Å². The van der Waals surface area contributed by atoms with Crippen LogP contribution in [0.3, 0.4) is 0 Å². The first-order valence-electron chi connectivity index (χ1n) is 9.69. The van der Waals surface area contributed by atoms with E-state index in [0.29, 0.717) is 34.6 Å². The number of piperidine rings is 1. The third kappa shape index (κ3) is 6.07. The summed E-state index contributed by atoms with van der Waals surface area (Å²) in [5.74, 6) is 0.937. The zero-order valence-corrected chi connectivity index (χ0v) is 19.1. The lowest BCUT2D eigenvalue weighted by Crippen LogP contribution is -2.40. The number of benzene rings is 1. The van der Waals surface area contributed by atoms with Crippen LogP contribution in [0.4, 0.5) is 0 Å². The van der Waals surface area contributed by atoms with Crippen molar-refractivity contribution in [2.24, 2.45) is 10.9 Å². The highest BCUT2D eigenvalue weighted by Gasteiger charge is 2.20. The SMILES string of the molecule is COCCn1c(=NC(=O)CSCC(=O)N2CCCC(C)C2)sc2cc(Cl)ccc21. The largest absolute Gasteiger partial charge is 0.383 e. The van der Waals surface area contributed by atoms with Crippen LogP contribution >= 0.6 is 34.7 Å². The minimum Gasteiger partial charge on any atom is -0.383 e. The molecule has 1 aromatic carbocycles. The van der Waals surface area contributed by atoms with Crippen molar-refractivity contribution in [2.75, 3.05) is 38.3 Å². The zero-order valence-electron chi connectivity index (χ0n) is 16.7. The fourth-order valence-corrected chi connectivity index (χ4v) is 5.45. The Hall–Kier alpha value is -1.35. The summed E-state index contributed by atoms with van der Waals surface area (Å²) >= 11 is 8.86. The zero-order chi connectivity index (χ0) is 20.8. The van der Waals surface area contributed by atoms with Crippen molar-refractivity contribution in [2.45, 2.75) is 26.3 Å². The summed E-state index contributed by atoms with van der Waals surface area (Å²) in [6, 6.07) is 5.64. The molecule has 1 atom stereocenters. The molecule has 1 aromatic heterocycles. The van der Waals surface area contributed by atoms with Gasteiger partial charge in [-0.25, -0.2) is 0 Å². The fraction of sp³-hybridized carbons (Fsp3) is 0.550. The number of carbonyl (C=O) groups excluding carboxylic acids is 2. The van der Waals surface area contributed by atoms with E-state index in [9.17, 15) is 9.59 Å². The van der Waals surface area contributed by atoms with Gasteiger partial charge in [-0.2, -0.15) is 4.99 Å². The lowest BCUT2D eigenvalue weighted by atomic mass is 10.0. The summed E-state index contributed by atoms with van der Waals surface area (Å²) in [6.07, 6.45) is 2.24. The van der Waals surface area contributed by atoms with Gasteiger partial charge < -0.3 is 14.2 Å². The summed E-state index contributed by atoms with van der Waals surface area (Å²) in [4.78, 5) is 31.6. The second-order valence-electron chi connectivity index (χ2n) is 7.23. The van der Waals surface area contributed by atoms with Gasteiger partial charge in [-0.15, -0.1) is 11.8 Å². The molecule has 1 saturated heterocycles. The van der Waals surface area contributed by atoms with Gasteiger partial charge in [0.2, 0.25) is 5.91 Å². The number of amides is 2. The molecule has 0 bridgehead atoms. The predicted octanol–water partition coefficient (Wildman–Crippen LogP) is 3.42. The van der Waals surface area contributed by atoms with Crippen LogP contribution in [0.15, 0.2) is 23.2 Å². The van der Waals surface area contributed by atoms with Crippen LogP contribution in [0.1, 0.15) is 19.8 Å². The number of ether oxygens (including phenoxy) is 1. The molecule has 0 aliphatic carbocycles. The van der Waals surface area contributed by atoms with E-state index < -0.39 is 0 Å². The number of thioether (sulfide) groups is 1. The average Bonchev–Trinajstić information content (AvgIpc) is 3.02. The van der Waals surface area contributed by atoms with Gasteiger partial charge in [0.05, 0.1) is 28.3 Å². The molecule has 2 aromatic rings. The van der Waals surface area contributed by atoms with E-state index in [1.54, 1.807) is 7.11 Å².